The van der Waals surface area contributed by atoms with Gasteiger partial charge in [0.05, 0.1) is 24.1 Å². The zero-order chi connectivity index (χ0) is 25.1. The number of hydrogen-bond donors (Lipinski definition) is 3. The lowest BCUT2D eigenvalue weighted by atomic mass is 10.1. The van der Waals surface area contributed by atoms with Crippen molar-refractivity contribution in [2.24, 2.45) is 0 Å². The van der Waals surface area contributed by atoms with E-state index in [1.165, 1.54) is 0 Å². The number of hydrogen-bond acceptors (Lipinski definition) is 6. The molecule has 2 aliphatic rings. The van der Waals surface area contributed by atoms with Crippen molar-refractivity contribution >= 4 is 11.8 Å². The molecule has 0 spiro atoms. The van der Waals surface area contributed by atoms with Gasteiger partial charge < -0.3 is 20.5 Å². The molecule has 0 bridgehead atoms. The highest BCUT2D eigenvalue weighted by Crippen LogP contribution is 2.33. The standard InChI is InChI=1S/C27H31N5O4/c1-2-28-26(34)17-5-10-20(11-6-17)32-23(25(30-31-32)27(35)29-19-8-9-19)4-3-15-36-21-12-13-22-18(16-21)7-14-24(22)33/h5-6,10-13,16,19,24,33H,2-4,7-9,14-15H2,1H3,(H,28,34)(H,29,35). The van der Waals surface area contributed by atoms with Gasteiger partial charge in [-0.1, -0.05) is 11.3 Å². The van der Waals surface area contributed by atoms with Gasteiger partial charge in [-0.15, -0.1) is 5.10 Å². The third-order valence-electron chi connectivity index (χ3n) is 6.59. The first-order valence-electron chi connectivity index (χ1n) is 12.6. The monoisotopic (exact) mass is 489 g/mol. The summed E-state index contributed by atoms with van der Waals surface area (Å²) >= 11 is 0. The first-order chi connectivity index (χ1) is 17.5. The molecule has 3 N–H and O–H groups in total. The van der Waals surface area contributed by atoms with Gasteiger partial charge in [-0.2, -0.15) is 0 Å². The summed E-state index contributed by atoms with van der Waals surface area (Å²) < 4.78 is 7.64. The number of aliphatic hydroxyl groups is 1. The van der Waals surface area contributed by atoms with Gasteiger partial charge in [0.1, 0.15) is 5.75 Å². The fraction of sp³-hybridized carbons (Fsp3) is 0.407. The molecule has 36 heavy (non-hydrogen) atoms. The Morgan fingerprint density at radius 3 is 2.67 bits per heavy atom. The van der Waals surface area contributed by atoms with E-state index in [0.717, 1.165) is 48.2 Å². The molecule has 0 aliphatic heterocycles. The van der Waals surface area contributed by atoms with Crippen LogP contribution in [0, 0.1) is 0 Å². The largest absolute Gasteiger partial charge is 0.494 e. The number of benzene rings is 2. The number of carbonyl (C=O) groups excluding carboxylic acids is 2. The predicted molar refractivity (Wildman–Crippen MR) is 133 cm³/mol. The van der Waals surface area contributed by atoms with Crippen LogP contribution in [0.15, 0.2) is 42.5 Å². The number of carbonyl (C=O) groups is 2. The van der Waals surface area contributed by atoms with Crippen LogP contribution in [-0.2, 0) is 12.8 Å². The lowest BCUT2D eigenvalue weighted by molar-refractivity contribution is 0.0940. The third kappa shape index (κ3) is 5.26. The number of aliphatic hydroxyl groups excluding tert-OH is 1. The van der Waals surface area contributed by atoms with E-state index in [4.69, 9.17) is 4.74 Å². The highest BCUT2D eigenvalue weighted by atomic mass is 16.5. The minimum absolute atomic E-state index is 0.134. The van der Waals surface area contributed by atoms with Crippen molar-refractivity contribution in [3.8, 4) is 11.4 Å². The predicted octanol–water partition coefficient (Wildman–Crippen LogP) is 2.90. The Morgan fingerprint density at radius 1 is 1.11 bits per heavy atom. The number of ether oxygens (including phenoxy) is 1. The normalized spacial score (nSPS) is 16.4. The number of nitrogens with zero attached hydrogens (tertiary/aromatic N) is 3. The summed E-state index contributed by atoms with van der Waals surface area (Å²) in [7, 11) is 0. The summed E-state index contributed by atoms with van der Waals surface area (Å²) in [5.74, 6) is 0.434. The Kier molecular flexibility index (Phi) is 6.99. The molecule has 0 radical (unpaired) electrons. The van der Waals surface area contributed by atoms with E-state index in [1.807, 2.05) is 25.1 Å². The maximum absolute atomic E-state index is 12.8. The molecule has 1 heterocycles. The van der Waals surface area contributed by atoms with Crippen LogP contribution < -0.4 is 15.4 Å². The summed E-state index contributed by atoms with van der Waals surface area (Å²) in [6, 6.07) is 13.1. The summed E-state index contributed by atoms with van der Waals surface area (Å²) in [6.07, 6.45) is 4.42. The Balaban J connectivity index is 1.29. The van der Waals surface area contributed by atoms with Crippen molar-refractivity contribution in [3.63, 3.8) is 0 Å². The van der Waals surface area contributed by atoms with Crippen molar-refractivity contribution in [2.75, 3.05) is 13.2 Å². The van der Waals surface area contributed by atoms with Crippen molar-refractivity contribution < 1.29 is 19.4 Å². The zero-order valence-electron chi connectivity index (χ0n) is 20.4. The lowest BCUT2D eigenvalue weighted by Crippen LogP contribution is -2.27. The number of aryl methyl sites for hydroxylation is 1. The molecule has 1 fully saturated rings. The van der Waals surface area contributed by atoms with E-state index in [2.05, 4.69) is 20.9 Å². The van der Waals surface area contributed by atoms with Crippen LogP contribution in [0.5, 0.6) is 5.75 Å². The van der Waals surface area contributed by atoms with E-state index in [0.29, 0.717) is 42.9 Å². The Labute approximate surface area is 209 Å². The molecule has 0 saturated heterocycles. The van der Waals surface area contributed by atoms with Gasteiger partial charge in [0.25, 0.3) is 11.8 Å². The maximum atomic E-state index is 12.8. The molecular weight excluding hydrogens is 458 g/mol. The van der Waals surface area contributed by atoms with Crippen LogP contribution in [-0.4, -0.2) is 51.1 Å². The molecule has 9 heteroatoms. The van der Waals surface area contributed by atoms with E-state index < -0.39 is 0 Å². The van der Waals surface area contributed by atoms with Gasteiger partial charge in [0.2, 0.25) is 0 Å². The zero-order valence-corrected chi connectivity index (χ0v) is 20.4. The van der Waals surface area contributed by atoms with Gasteiger partial charge in [-0.25, -0.2) is 4.68 Å². The van der Waals surface area contributed by atoms with Crippen molar-refractivity contribution in [2.45, 2.75) is 57.6 Å². The van der Waals surface area contributed by atoms with E-state index >= 15 is 0 Å². The van der Waals surface area contributed by atoms with Gasteiger partial charge in [-0.05, 0) is 93.0 Å². The summed E-state index contributed by atoms with van der Waals surface area (Å²) in [4.78, 5) is 24.9. The lowest BCUT2D eigenvalue weighted by Gasteiger charge is -2.11. The smallest absolute Gasteiger partial charge is 0.273 e. The van der Waals surface area contributed by atoms with Crippen molar-refractivity contribution in [1.29, 1.82) is 0 Å². The molecule has 9 nitrogen and oxygen atoms in total. The van der Waals surface area contributed by atoms with Crippen LogP contribution in [0.2, 0.25) is 0 Å². The fourth-order valence-electron chi connectivity index (χ4n) is 4.50. The van der Waals surface area contributed by atoms with Crippen LogP contribution in [0.25, 0.3) is 5.69 Å². The van der Waals surface area contributed by atoms with E-state index in [-0.39, 0.29) is 24.0 Å². The molecular formula is C27H31N5O4. The fourth-order valence-corrected chi connectivity index (χ4v) is 4.50. The van der Waals surface area contributed by atoms with Crippen LogP contribution in [0.4, 0.5) is 0 Å². The highest BCUT2D eigenvalue weighted by Gasteiger charge is 2.28. The molecule has 1 unspecified atom stereocenters. The molecule has 2 aliphatic carbocycles. The van der Waals surface area contributed by atoms with E-state index in [9.17, 15) is 14.7 Å². The number of rotatable bonds is 10. The van der Waals surface area contributed by atoms with Crippen LogP contribution in [0.1, 0.15) is 76.4 Å². The van der Waals surface area contributed by atoms with Gasteiger partial charge in [-0.3, -0.25) is 9.59 Å². The average molecular weight is 490 g/mol. The van der Waals surface area contributed by atoms with Gasteiger partial charge >= 0.3 is 0 Å². The molecule has 1 aromatic heterocycles. The summed E-state index contributed by atoms with van der Waals surface area (Å²) in [5, 5.41) is 24.3. The molecule has 2 aromatic carbocycles. The Morgan fingerprint density at radius 2 is 1.92 bits per heavy atom. The second-order valence-electron chi connectivity index (χ2n) is 9.32. The van der Waals surface area contributed by atoms with Crippen molar-refractivity contribution in [3.05, 3.63) is 70.5 Å². The molecule has 1 atom stereocenters. The minimum Gasteiger partial charge on any atom is -0.494 e. The second kappa shape index (κ2) is 10.5. The highest BCUT2D eigenvalue weighted by molar-refractivity contribution is 5.94. The SMILES string of the molecule is CCNC(=O)c1ccc(-n2nnc(C(=O)NC3CC3)c2CCCOc2ccc3c(c2)CCC3O)cc1. The minimum atomic E-state index is -0.378. The van der Waals surface area contributed by atoms with Crippen LogP contribution >= 0.6 is 0 Å². The first-order valence-corrected chi connectivity index (χ1v) is 12.6. The van der Waals surface area contributed by atoms with E-state index in [1.54, 1.807) is 28.9 Å². The number of aromatic nitrogens is 3. The van der Waals surface area contributed by atoms with Crippen molar-refractivity contribution in [1.82, 2.24) is 25.6 Å². The Bertz CT molecular complexity index is 1250. The topological polar surface area (TPSA) is 118 Å². The first kappa shape index (κ1) is 24.0. The number of fused-ring (bicyclic) bond motifs is 1. The summed E-state index contributed by atoms with van der Waals surface area (Å²) in [5.41, 5.74) is 4.44. The summed E-state index contributed by atoms with van der Waals surface area (Å²) in [6.45, 7) is 2.90. The average Bonchev–Trinajstić information content (AvgIpc) is 3.48. The number of nitrogens with one attached hydrogen (secondary N) is 2. The number of amides is 2. The molecule has 5 rings (SSSR count). The third-order valence-corrected chi connectivity index (χ3v) is 6.59. The Hall–Kier alpha value is -3.72. The molecule has 2 amide bonds. The quantitative estimate of drug-likeness (QED) is 0.377. The maximum Gasteiger partial charge on any atom is 0.273 e. The van der Waals surface area contributed by atoms with Crippen LogP contribution in [0.3, 0.4) is 0 Å². The van der Waals surface area contributed by atoms with Gasteiger partial charge in [0.15, 0.2) is 5.69 Å². The molecule has 3 aromatic rings. The molecule has 188 valence electrons. The molecule has 1 saturated carbocycles. The second-order valence-corrected chi connectivity index (χ2v) is 9.32. The van der Waals surface area contributed by atoms with Gasteiger partial charge in [0, 0.05) is 18.2 Å².